The van der Waals surface area contributed by atoms with Gasteiger partial charge in [-0.1, -0.05) is 6.42 Å². The SMILES string of the molecule is OCCN1CCN(CC[C@H]2CCCCN2)CC1. The molecule has 0 aromatic rings. The van der Waals surface area contributed by atoms with Gasteiger partial charge in [-0.3, -0.25) is 4.90 Å². The van der Waals surface area contributed by atoms with Crippen molar-refractivity contribution in [2.24, 2.45) is 0 Å². The molecule has 0 aliphatic carbocycles. The van der Waals surface area contributed by atoms with Crippen LogP contribution in [-0.4, -0.2) is 73.4 Å². The molecule has 4 nitrogen and oxygen atoms in total. The van der Waals surface area contributed by atoms with Crippen molar-refractivity contribution in [1.82, 2.24) is 15.1 Å². The lowest BCUT2D eigenvalue weighted by Gasteiger charge is -2.35. The Morgan fingerprint density at radius 1 is 1.00 bits per heavy atom. The van der Waals surface area contributed by atoms with Crippen molar-refractivity contribution in [3.05, 3.63) is 0 Å². The van der Waals surface area contributed by atoms with Crippen LogP contribution < -0.4 is 5.32 Å². The van der Waals surface area contributed by atoms with E-state index in [0.29, 0.717) is 6.61 Å². The average molecular weight is 241 g/mol. The average Bonchev–Trinajstić information content (AvgIpc) is 2.40. The first-order valence-electron chi connectivity index (χ1n) is 7.17. The highest BCUT2D eigenvalue weighted by molar-refractivity contribution is 4.76. The largest absolute Gasteiger partial charge is 0.395 e. The van der Waals surface area contributed by atoms with E-state index in [4.69, 9.17) is 5.11 Å². The van der Waals surface area contributed by atoms with Gasteiger partial charge in [-0.05, 0) is 32.4 Å². The molecule has 2 N–H and O–H groups in total. The lowest BCUT2D eigenvalue weighted by Crippen LogP contribution is -2.48. The van der Waals surface area contributed by atoms with Gasteiger partial charge in [0.25, 0.3) is 0 Å². The monoisotopic (exact) mass is 241 g/mol. The van der Waals surface area contributed by atoms with Crippen LogP contribution in [0.1, 0.15) is 25.7 Å². The van der Waals surface area contributed by atoms with E-state index in [2.05, 4.69) is 15.1 Å². The Labute approximate surface area is 105 Å². The van der Waals surface area contributed by atoms with Crippen LogP contribution >= 0.6 is 0 Å². The van der Waals surface area contributed by atoms with E-state index < -0.39 is 0 Å². The molecule has 0 amide bonds. The second-order valence-electron chi connectivity index (χ2n) is 5.34. The third-order valence-corrected chi connectivity index (χ3v) is 4.09. The molecule has 2 aliphatic rings. The second-order valence-corrected chi connectivity index (χ2v) is 5.34. The van der Waals surface area contributed by atoms with Gasteiger partial charge in [0.1, 0.15) is 0 Å². The Bertz CT molecular complexity index is 199. The van der Waals surface area contributed by atoms with Gasteiger partial charge >= 0.3 is 0 Å². The van der Waals surface area contributed by atoms with Gasteiger partial charge in [0.2, 0.25) is 0 Å². The van der Waals surface area contributed by atoms with Gasteiger partial charge in [-0.25, -0.2) is 0 Å². The summed E-state index contributed by atoms with van der Waals surface area (Å²) >= 11 is 0. The molecule has 4 heteroatoms. The van der Waals surface area contributed by atoms with Crippen LogP contribution in [0.5, 0.6) is 0 Å². The second kappa shape index (κ2) is 7.31. The highest BCUT2D eigenvalue weighted by atomic mass is 16.3. The van der Waals surface area contributed by atoms with Gasteiger partial charge in [0, 0.05) is 38.8 Å². The molecule has 2 aliphatic heterocycles. The summed E-state index contributed by atoms with van der Waals surface area (Å²) in [5, 5.41) is 12.5. The van der Waals surface area contributed by atoms with Crippen molar-refractivity contribution < 1.29 is 5.11 Å². The van der Waals surface area contributed by atoms with Crippen LogP contribution in [0.4, 0.5) is 0 Å². The van der Waals surface area contributed by atoms with Gasteiger partial charge < -0.3 is 15.3 Å². The predicted octanol–water partition coefficient (Wildman–Crippen LogP) is 0.129. The summed E-state index contributed by atoms with van der Waals surface area (Å²) in [6.07, 6.45) is 5.43. The molecule has 2 rings (SSSR count). The summed E-state index contributed by atoms with van der Waals surface area (Å²) in [6.45, 7) is 8.19. The van der Waals surface area contributed by atoms with E-state index in [1.54, 1.807) is 0 Å². The minimum Gasteiger partial charge on any atom is -0.395 e. The fraction of sp³-hybridized carbons (Fsp3) is 1.00. The van der Waals surface area contributed by atoms with Crippen molar-refractivity contribution >= 4 is 0 Å². The van der Waals surface area contributed by atoms with Gasteiger partial charge in [0.05, 0.1) is 6.61 Å². The molecule has 100 valence electrons. The van der Waals surface area contributed by atoms with Crippen molar-refractivity contribution in [2.45, 2.75) is 31.7 Å². The number of rotatable bonds is 5. The van der Waals surface area contributed by atoms with Crippen LogP contribution in [0.3, 0.4) is 0 Å². The minimum absolute atomic E-state index is 0.298. The van der Waals surface area contributed by atoms with Crippen LogP contribution in [0.15, 0.2) is 0 Å². The first-order chi connectivity index (χ1) is 8.38. The summed E-state index contributed by atoms with van der Waals surface area (Å²) in [4.78, 5) is 4.93. The summed E-state index contributed by atoms with van der Waals surface area (Å²) < 4.78 is 0. The third-order valence-electron chi connectivity index (χ3n) is 4.09. The lowest BCUT2D eigenvalue weighted by atomic mass is 10.0. The highest BCUT2D eigenvalue weighted by Crippen LogP contribution is 2.11. The number of aliphatic hydroxyl groups is 1. The lowest BCUT2D eigenvalue weighted by molar-refractivity contribution is 0.109. The van der Waals surface area contributed by atoms with Crippen LogP contribution in [0.25, 0.3) is 0 Å². The van der Waals surface area contributed by atoms with E-state index >= 15 is 0 Å². The van der Waals surface area contributed by atoms with Crippen LogP contribution in [0, 0.1) is 0 Å². The number of nitrogens with one attached hydrogen (secondary N) is 1. The van der Waals surface area contributed by atoms with Gasteiger partial charge in [0.15, 0.2) is 0 Å². The quantitative estimate of drug-likeness (QED) is 0.717. The summed E-state index contributed by atoms with van der Waals surface area (Å²) in [6, 6.07) is 0.763. The Hall–Kier alpha value is -0.160. The van der Waals surface area contributed by atoms with Crippen molar-refractivity contribution in [3.63, 3.8) is 0 Å². The molecular weight excluding hydrogens is 214 g/mol. The molecule has 0 saturated carbocycles. The molecule has 0 radical (unpaired) electrons. The minimum atomic E-state index is 0.298. The van der Waals surface area contributed by atoms with Crippen molar-refractivity contribution in [3.8, 4) is 0 Å². The summed E-state index contributed by atoms with van der Waals surface area (Å²) in [5.74, 6) is 0. The fourth-order valence-corrected chi connectivity index (χ4v) is 2.89. The van der Waals surface area contributed by atoms with Crippen molar-refractivity contribution in [2.75, 3.05) is 52.4 Å². The zero-order chi connectivity index (χ0) is 11.9. The molecule has 0 aromatic heterocycles. The molecule has 1 atom stereocenters. The van der Waals surface area contributed by atoms with Crippen LogP contribution in [-0.2, 0) is 0 Å². The van der Waals surface area contributed by atoms with Crippen molar-refractivity contribution in [1.29, 1.82) is 0 Å². The number of β-amino-alcohol motifs (C(OH)–C–C–N with tert-alkyl or cyclic N) is 1. The molecule has 0 unspecified atom stereocenters. The van der Waals surface area contributed by atoms with Gasteiger partial charge in [-0.15, -0.1) is 0 Å². The van der Waals surface area contributed by atoms with Gasteiger partial charge in [-0.2, -0.15) is 0 Å². The number of piperidine rings is 1. The number of aliphatic hydroxyl groups excluding tert-OH is 1. The maximum atomic E-state index is 8.89. The number of nitrogens with zero attached hydrogens (tertiary/aromatic N) is 2. The first-order valence-corrected chi connectivity index (χ1v) is 7.17. The van der Waals surface area contributed by atoms with E-state index in [0.717, 1.165) is 25.7 Å². The topological polar surface area (TPSA) is 38.7 Å². The number of hydrogen-bond donors (Lipinski definition) is 2. The predicted molar refractivity (Wildman–Crippen MR) is 70.2 cm³/mol. The molecule has 17 heavy (non-hydrogen) atoms. The van der Waals surface area contributed by atoms with E-state index in [1.807, 2.05) is 0 Å². The molecule has 2 heterocycles. The molecular formula is C13H27N3O. The number of piperazine rings is 1. The Kier molecular flexibility index (Phi) is 5.71. The standard InChI is InChI=1S/C13H27N3O/c17-12-11-16-9-7-15(8-10-16)6-4-13-3-1-2-5-14-13/h13-14,17H,1-12H2/t13-/m1/s1. The Balaban J connectivity index is 1.57. The fourth-order valence-electron chi connectivity index (χ4n) is 2.89. The Morgan fingerprint density at radius 3 is 2.29 bits per heavy atom. The molecule has 0 aromatic carbocycles. The smallest absolute Gasteiger partial charge is 0.0558 e. The summed E-state index contributed by atoms with van der Waals surface area (Å²) in [7, 11) is 0. The van der Waals surface area contributed by atoms with E-state index in [-0.39, 0.29) is 0 Å². The zero-order valence-corrected chi connectivity index (χ0v) is 10.9. The first kappa shape index (κ1) is 13.3. The molecule has 2 saturated heterocycles. The molecule has 2 fully saturated rings. The van der Waals surface area contributed by atoms with Crippen LogP contribution in [0.2, 0.25) is 0 Å². The maximum absolute atomic E-state index is 8.89. The van der Waals surface area contributed by atoms with E-state index in [1.165, 1.54) is 51.9 Å². The molecule has 0 spiro atoms. The normalized spacial score (nSPS) is 28.4. The molecule has 0 bridgehead atoms. The summed E-state index contributed by atoms with van der Waals surface area (Å²) in [5.41, 5.74) is 0. The Morgan fingerprint density at radius 2 is 1.71 bits per heavy atom. The maximum Gasteiger partial charge on any atom is 0.0558 e. The zero-order valence-electron chi connectivity index (χ0n) is 10.9. The highest BCUT2D eigenvalue weighted by Gasteiger charge is 2.18. The van der Waals surface area contributed by atoms with E-state index in [9.17, 15) is 0 Å². The third kappa shape index (κ3) is 4.54. The number of hydrogen-bond acceptors (Lipinski definition) is 4.